The molecule has 5 heteroatoms. The number of nitrogen functional groups attached to an aromatic ring is 1. The van der Waals surface area contributed by atoms with Gasteiger partial charge in [-0.2, -0.15) is 0 Å². The number of likely N-dealkylation sites (tertiary alicyclic amines) is 1. The first-order valence-corrected chi connectivity index (χ1v) is 8.41. The molecule has 1 saturated heterocycles. The van der Waals surface area contributed by atoms with E-state index in [1.165, 1.54) is 6.07 Å². The lowest BCUT2D eigenvalue weighted by molar-refractivity contribution is 0.205. The van der Waals surface area contributed by atoms with E-state index in [0.717, 1.165) is 40.7 Å². The van der Waals surface area contributed by atoms with Crippen molar-refractivity contribution in [2.45, 2.75) is 13.0 Å². The Bertz CT molecular complexity index is 928. The highest BCUT2D eigenvalue weighted by molar-refractivity contribution is 5.98. The molecule has 0 amide bonds. The van der Waals surface area contributed by atoms with Crippen molar-refractivity contribution in [1.29, 1.82) is 0 Å². The lowest BCUT2D eigenvalue weighted by atomic mass is 9.96. The minimum Gasteiger partial charge on any atom is -0.384 e. The molecule has 0 atom stereocenters. The molecule has 3 N–H and O–H groups in total. The molecular weight excluding hydrogens is 315 g/mol. The molecule has 0 spiro atoms. The average molecular weight is 336 g/mol. The van der Waals surface area contributed by atoms with E-state index in [2.05, 4.69) is 22.2 Å². The molecule has 0 saturated carbocycles. The molecule has 0 aliphatic carbocycles. The van der Waals surface area contributed by atoms with Gasteiger partial charge in [0.1, 0.15) is 11.6 Å². The Morgan fingerprint density at radius 1 is 1.24 bits per heavy atom. The van der Waals surface area contributed by atoms with Crippen LogP contribution < -0.4 is 11.1 Å². The van der Waals surface area contributed by atoms with Crippen LogP contribution in [0.3, 0.4) is 0 Å². The van der Waals surface area contributed by atoms with Gasteiger partial charge in [-0.15, -0.1) is 0 Å². The first-order valence-electron chi connectivity index (χ1n) is 8.41. The maximum Gasteiger partial charge on any atom is 0.131 e. The number of aromatic nitrogens is 1. The number of hydrogen-bond acceptors (Lipinski definition) is 4. The maximum absolute atomic E-state index is 14.5. The number of nitrogens with one attached hydrogen (secondary N) is 1. The van der Waals surface area contributed by atoms with E-state index < -0.39 is 0 Å². The fourth-order valence-electron chi connectivity index (χ4n) is 3.54. The average Bonchev–Trinajstić information content (AvgIpc) is 2.54. The number of halogens is 1. The molecule has 0 bridgehead atoms. The second-order valence-electron chi connectivity index (χ2n) is 6.85. The molecule has 0 radical (unpaired) electrons. The van der Waals surface area contributed by atoms with Crippen LogP contribution >= 0.6 is 0 Å². The highest BCUT2D eigenvalue weighted by Crippen LogP contribution is 2.35. The lowest BCUT2D eigenvalue weighted by Crippen LogP contribution is -2.52. The summed E-state index contributed by atoms with van der Waals surface area (Å²) < 4.78 is 14.5. The molecule has 0 unspecified atom stereocenters. The van der Waals surface area contributed by atoms with Crippen molar-refractivity contribution in [1.82, 2.24) is 9.88 Å². The van der Waals surface area contributed by atoms with Crippen LogP contribution in [0.15, 0.2) is 42.6 Å². The third-order valence-electron chi connectivity index (χ3n) is 4.79. The standard InChI is InChI=1S/C20H21FN4/c1-12-4-3-5-17(21)20(12)13-6-14-9-23-19(22)8-16(14)18(7-13)24-15-10-25(2)11-15/h3-9,15,24H,10-11H2,1-2H3,(H2,22,23). The Morgan fingerprint density at radius 2 is 2.04 bits per heavy atom. The Balaban J connectivity index is 1.87. The van der Waals surface area contributed by atoms with E-state index in [1.54, 1.807) is 12.3 Å². The molecular formula is C20H21FN4. The van der Waals surface area contributed by atoms with Crippen molar-refractivity contribution in [2.24, 2.45) is 0 Å². The van der Waals surface area contributed by atoms with Crippen molar-refractivity contribution in [3.8, 4) is 11.1 Å². The van der Waals surface area contributed by atoms with Gasteiger partial charge < -0.3 is 16.0 Å². The SMILES string of the molecule is Cc1cccc(F)c1-c1cc(NC2CN(C)C2)c2cc(N)ncc2c1. The van der Waals surface area contributed by atoms with Gasteiger partial charge in [0.15, 0.2) is 0 Å². The smallest absolute Gasteiger partial charge is 0.131 e. The minimum absolute atomic E-state index is 0.211. The molecule has 2 aromatic carbocycles. The lowest BCUT2D eigenvalue weighted by Gasteiger charge is -2.37. The molecule has 1 aromatic heterocycles. The van der Waals surface area contributed by atoms with Crippen LogP contribution in [-0.4, -0.2) is 36.1 Å². The molecule has 2 heterocycles. The predicted octanol–water partition coefficient (Wildman–Crippen LogP) is 3.66. The number of rotatable bonds is 3. The van der Waals surface area contributed by atoms with Gasteiger partial charge in [-0.05, 0) is 49.4 Å². The van der Waals surface area contributed by atoms with Crippen LogP contribution in [0.5, 0.6) is 0 Å². The molecule has 4 nitrogen and oxygen atoms in total. The largest absolute Gasteiger partial charge is 0.384 e. The second kappa shape index (κ2) is 6.01. The van der Waals surface area contributed by atoms with Gasteiger partial charge >= 0.3 is 0 Å². The summed E-state index contributed by atoms with van der Waals surface area (Å²) in [5, 5.41) is 5.54. The van der Waals surface area contributed by atoms with Gasteiger partial charge in [-0.1, -0.05) is 12.1 Å². The number of fused-ring (bicyclic) bond motifs is 1. The Morgan fingerprint density at radius 3 is 2.76 bits per heavy atom. The van der Waals surface area contributed by atoms with Gasteiger partial charge in [0.2, 0.25) is 0 Å². The molecule has 128 valence electrons. The van der Waals surface area contributed by atoms with E-state index in [-0.39, 0.29) is 5.82 Å². The molecule has 1 aliphatic rings. The quantitative estimate of drug-likeness (QED) is 0.766. The van der Waals surface area contributed by atoms with E-state index in [0.29, 0.717) is 17.4 Å². The normalized spacial score (nSPS) is 15.3. The Hall–Kier alpha value is -2.66. The van der Waals surface area contributed by atoms with Gasteiger partial charge in [-0.3, -0.25) is 0 Å². The van der Waals surface area contributed by atoms with Gasteiger partial charge in [0.05, 0.1) is 6.04 Å². The Labute approximate surface area is 146 Å². The van der Waals surface area contributed by atoms with E-state index in [1.807, 2.05) is 31.2 Å². The van der Waals surface area contributed by atoms with E-state index >= 15 is 0 Å². The zero-order chi connectivity index (χ0) is 17.6. The summed E-state index contributed by atoms with van der Waals surface area (Å²) in [5.41, 5.74) is 9.26. The summed E-state index contributed by atoms with van der Waals surface area (Å²) in [6, 6.07) is 11.4. The first kappa shape index (κ1) is 15.8. The van der Waals surface area contributed by atoms with Gasteiger partial charge in [0.25, 0.3) is 0 Å². The number of aryl methyl sites for hydroxylation is 1. The highest BCUT2D eigenvalue weighted by atomic mass is 19.1. The molecule has 4 rings (SSSR count). The molecule has 25 heavy (non-hydrogen) atoms. The number of nitrogens with two attached hydrogens (primary N) is 1. The van der Waals surface area contributed by atoms with Crippen molar-refractivity contribution < 1.29 is 4.39 Å². The summed E-state index contributed by atoms with van der Waals surface area (Å²) in [6.07, 6.45) is 1.75. The number of hydrogen-bond donors (Lipinski definition) is 2. The zero-order valence-electron chi connectivity index (χ0n) is 14.4. The zero-order valence-corrected chi connectivity index (χ0v) is 14.4. The van der Waals surface area contributed by atoms with Crippen molar-refractivity contribution in [3.05, 3.63) is 54.0 Å². The first-order chi connectivity index (χ1) is 12.0. The number of benzene rings is 2. The van der Waals surface area contributed by atoms with Gasteiger partial charge in [-0.25, -0.2) is 9.37 Å². The van der Waals surface area contributed by atoms with Crippen LogP contribution in [0.2, 0.25) is 0 Å². The van der Waals surface area contributed by atoms with E-state index in [9.17, 15) is 4.39 Å². The predicted molar refractivity (Wildman–Crippen MR) is 101 cm³/mol. The third kappa shape index (κ3) is 2.91. The van der Waals surface area contributed by atoms with Crippen LogP contribution in [0, 0.1) is 12.7 Å². The number of pyridine rings is 1. The summed E-state index contributed by atoms with van der Waals surface area (Å²) in [5.74, 6) is 0.271. The monoisotopic (exact) mass is 336 g/mol. The highest BCUT2D eigenvalue weighted by Gasteiger charge is 2.23. The summed E-state index contributed by atoms with van der Waals surface area (Å²) in [6.45, 7) is 3.91. The fraction of sp³-hybridized carbons (Fsp3) is 0.250. The fourth-order valence-corrected chi connectivity index (χ4v) is 3.54. The van der Waals surface area contributed by atoms with Crippen molar-refractivity contribution in [2.75, 3.05) is 31.2 Å². The second-order valence-corrected chi connectivity index (χ2v) is 6.85. The number of anilines is 2. The summed E-state index contributed by atoms with van der Waals surface area (Å²) in [7, 11) is 2.09. The van der Waals surface area contributed by atoms with Crippen LogP contribution in [0.25, 0.3) is 21.9 Å². The summed E-state index contributed by atoms with van der Waals surface area (Å²) >= 11 is 0. The third-order valence-corrected chi connectivity index (χ3v) is 4.79. The van der Waals surface area contributed by atoms with Crippen LogP contribution in [-0.2, 0) is 0 Å². The topological polar surface area (TPSA) is 54.2 Å². The number of likely N-dealkylation sites (N-methyl/N-ethyl adjacent to an activating group) is 1. The molecule has 1 fully saturated rings. The maximum atomic E-state index is 14.5. The van der Waals surface area contributed by atoms with E-state index in [4.69, 9.17) is 5.73 Å². The van der Waals surface area contributed by atoms with Crippen LogP contribution in [0.4, 0.5) is 15.9 Å². The molecule has 3 aromatic rings. The number of nitrogens with zero attached hydrogens (tertiary/aromatic N) is 2. The van der Waals surface area contributed by atoms with Gasteiger partial charge in [0, 0.05) is 41.3 Å². The van der Waals surface area contributed by atoms with Crippen molar-refractivity contribution >= 4 is 22.3 Å². The Kier molecular flexibility index (Phi) is 3.81. The molecule has 1 aliphatic heterocycles. The van der Waals surface area contributed by atoms with Crippen molar-refractivity contribution in [3.63, 3.8) is 0 Å². The summed E-state index contributed by atoms with van der Waals surface area (Å²) in [4.78, 5) is 6.45. The minimum atomic E-state index is -0.211. The van der Waals surface area contributed by atoms with Crippen LogP contribution in [0.1, 0.15) is 5.56 Å².